The van der Waals surface area contributed by atoms with E-state index in [1.54, 1.807) is 0 Å². The largest absolute Gasteiger partial charge is 0.444 e. The summed E-state index contributed by atoms with van der Waals surface area (Å²) in [4.78, 5) is 14.2. The van der Waals surface area contributed by atoms with Crippen molar-refractivity contribution in [3.63, 3.8) is 0 Å². The topological polar surface area (TPSA) is 50.8 Å². The fraction of sp³-hybridized carbons (Fsp3) is 0.632. The van der Waals surface area contributed by atoms with Crippen LogP contribution in [0.25, 0.3) is 0 Å². The van der Waals surface area contributed by atoms with Crippen molar-refractivity contribution in [1.82, 2.24) is 4.90 Å². The summed E-state index contributed by atoms with van der Waals surface area (Å²) >= 11 is 0. The molecule has 0 radical (unpaired) electrons. The quantitative estimate of drug-likeness (QED) is 0.853. The van der Waals surface area contributed by atoms with Crippen LogP contribution >= 0.6 is 0 Å². The molecule has 1 atom stereocenters. The number of ether oxygens (including phenoxy) is 2. The van der Waals surface area contributed by atoms with Gasteiger partial charge in [-0.2, -0.15) is 0 Å². The number of anilines is 1. The SMILES string of the molecule is CCOCc1ccccc1NCC1CCCN1C(=O)OC(C)(C)C. The van der Waals surface area contributed by atoms with Crippen molar-refractivity contribution in [2.45, 2.75) is 58.8 Å². The van der Waals surface area contributed by atoms with Gasteiger partial charge in [0.05, 0.1) is 12.6 Å². The van der Waals surface area contributed by atoms with Crippen LogP contribution in [-0.4, -0.2) is 42.3 Å². The lowest BCUT2D eigenvalue weighted by molar-refractivity contribution is 0.0235. The first-order chi connectivity index (χ1) is 11.4. The molecule has 1 unspecified atom stereocenters. The molecule has 0 spiro atoms. The van der Waals surface area contributed by atoms with Gasteiger partial charge in [0.25, 0.3) is 0 Å². The molecular formula is C19H30N2O3. The smallest absolute Gasteiger partial charge is 0.410 e. The van der Waals surface area contributed by atoms with Crippen LogP contribution in [0.3, 0.4) is 0 Å². The molecule has 0 saturated carbocycles. The van der Waals surface area contributed by atoms with Crippen LogP contribution in [0.4, 0.5) is 10.5 Å². The molecule has 1 fully saturated rings. The Morgan fingerprint density at radius 1 is 1.33 bits per heavy atom. The summed E-state index contributed by atoms with van der Waals surface area (Å²) in [6.45, 7) is 10.5. The van der Waals surface area contributed by atoms with Crippen molar-refractivity contribution < 1.29 is 14.3 Å². The van der Waals surface area contributed by atoms with Gasteiger partial charge >= 0.3 is 6.09 Å². The number of nitrogens with one attached hydrogen (secondary N) is 1. The average molecular weight is 334 g/mol. The fourth-order valence-corrected chi connectivity index (χ4v) is 2.87. The maximum absolute atomic E-state index is 12.3. The minimum Gasteiger partial charge on any atom is -0.444 e. The molecule has 24 heavy (non-hydrogen) atoms. The number of nitrogens with zero attached hydrogens (tertiary/aromatic N) is 1. The van der Waals surface area contributed by atoms with Crippen LogP contribution in [-0.2, 0) is 16.1 Å². The molecule has 1 aromatic rings. The third-order valence-electron chi connectivity index (χ3n) is 4.01. The molecule has 1 N–H and O–H groups in total. The van der Waals surface area contributed by atoms with E-state index in [0.717, 1.165) is 37.2 Å². The van der Waals surface area contributed by atoms with Crippen molar-refractivity contribution in [3.8, 4) is 0 Å². The van der Waals surface area contributed by atoms with Gasteiger partial charge in [-0.1, -0.05) is 18.2 Å². The Labute approximate surface area is 145 Å². The molecule has 5 heteroatoms. The zero-order valence-corrected chi connectivity index (χ0v) is 15.3. The lowest BCUT2D eigenvalue weighted by Gasteiger charge is -2.29. The molecule has 1 amide bonds. The molecule has 0 bridgehead atoms. The van der Waals surface area contributed by atoms with Crippen LogP contribution in [0.2, 0.25) is 0 Å². The predicted molar refractivity (Wildman–Crippen MR) is 96.2 cm³/mol. The molecule has 5 nitrogen and oxygen atoms in total. The van der Waals surface area contributed by atoms with Crippen LogP contribution in [0, 0.1) is 0 Å². The monoisotopic (exact) mass is 334 g/mol. The number of rotatable bonds is 6. The standard InChI is InChI=1S/C19H30N2O3/c1-5-23-14-15-9-6-7-11-17(15)20-13-16-10-8-12-21(16)18(22)24-19(2,3)4/h6-7,9,11,16,20H,5,8,10,12-14H2,1-4H3. The number of carbonyl (C=O) groups excluding carboxylic acids is 1. The van der Waals surface area contributed by atoms with Crippen LogP contribution in [0.1, 0.15) is 46.1 Å². The first kappa shape index (κ1) is 18.6. The molecule has 1 saturated heterocycles. The Bertz CT molecular complexity index is 540. The van der Waals surface area contributed by atoms with Gasteiger partial charge in [0.1, 0.15) is 5.60 Å². The molecule has 134 valence electrons. The number of para-hydroxylation sites is 1. The highest BCUT2D eigenvalue weighted by Crippen LogP contribution is 2.22. The van der Waals surface area contributed by atoms with E-state index in [1.807, 2.05) is 44.7 Å². The normalized spacial score (nSPS) is 17.8. The molecule has 0 aromatic heterocycles. The van der Waals surface area contributed by atoms with Gasteiger partial charge in [-0.15, -0.1) is 0 Å². The molecule has 2 rings (SSSR count). The van der Waals surface area contributed by atoms with Crippen molar-refractivity contribution in [1.29, 1.82) is 0 Å². The molecule has 1 aliphatic rings. The zero-order valence-electron chi connectivity index (χ0n) is 15.3. The number of amides is 1. The Morgan fingerprint density at radius 3 is 2.79 bits per heavy atom. The lowest BCUT2D eigenvalue weighted by Crippen LogP contribution is -2.42. The summed E-state index contributed by atoms with van der Waals surface area (Å²) in [5, 5.41) is 3.48. The third-order valence-corrected chi connectivity index (χ3v) is 4.01. The number of hydrogen-bond donors (Lipinski definition) is 1. The van der Waals surface area contributed by atoms with E-state index >= 15 is 0 Å². The number of benzene rings is 1. The Morgan fingerprint density at radius 2 is 2.08 bits per heavy atom. The second-order valence-corrected chi connectivity index (χ2v) is 7.14. The van der Waals surface area contributed by atoms with Crippen molar-refractivity contribution in [2.75, 3.05) is 25.0 Å². The maximum Gasteiger partial charge on any atom is 0.410 e. The van der Waals surface area contributed by atoms with Crippen LogP contribution in [0.15, 0.2) is 24.3 Å². The highest BCUT2D eigenvalue weighted by atomic mass is 16.6. The maximum atomic E-state index is 12.3. The second-order valence-electron chi connectivity index (χ2n) is 7.14. The van der Waals surface area contributed by atoms with Gasteiger partial charge in [-0.05, 0) is 46.6 Å². The van der Waals surface area contributed by atoms with E-state index in [4.69, 9.17) is 9.47 Å². The van der Waals surface area contributed by atoms with Crippen LogP contribution < -0.4 is 5.32 Å². The minimum atomic E-state index is -0.457. The second kappa shape index (κ2) is 8.38. The molecular weight excluding hydrogens is 304 g/mol. The van der Waals surface area contributed by atoms with Gasteiger partial charge in [-0.25, -0.2) is 4.79 Å². The summed E-state index contributed by atoms with van der Waals surface area (Å²) < 4.78 is 11.0. The van der Waals surface area contributed by atoms with E-state index in [2.05, 4.69) is 17.4 Å². The van der Waals surface area contributed by atoms with Gasteiger partial charge in [0, 0.05) is 30.9 Å². The summed E-state index contributed by atoms with van der Waals surface area (Å²) in [7, 11) is 0. The van der Waals surface area contributed by atoms with Crippen molar-refractivity contribution >= 4 is 11.8 Å². The van der Waals surface area contributed by atoms with Crippen molar-refractivity contribution in [3.05, 3.63) is 29.8 Å². The van der Waals surface area contributed by atoms with E-state index in [-0.39, 0.29) is 12.1 Å². The van der Waals surface area contributed by atoms with Gasteiger partial charge < -0.3 is 19.7 Å². The summed E-state index contributed by atoms with van der Waals surface area (Å²) in [5.74, 6) is 0. The number of likely N-dealkylation sites (tertiary alicyclic amines) is 1. The molecule has 0 aliphatic carbocycles. The summed E-state index contributed by atoms with van der Waals surface area (Å²) in [6, 6.07) is 8.32. The Kier molecular flexibility index (Phi) is 6.49. The van der Waals surface area contributed by atoms with E-state index in [9.17, 15) is 4.79 Å². The zero-order chi connectivity index (χ0) is 17.6. The highest BCUT2D eigenvalue weighted by Gasteiger charge is 2.31. The first-order valence-electron chi connectivity index (χ1n) is 8.80. The lowest BCUT2D eigenvalue weighted by atomic mass is 10.1. The first-order valence-corrected chi connectivity index (χ1v) is 8.80. The summed E-state index contributed by atoms with van der Waals surface area (Å²) in [5.41, 5.74) is 1.75. The number of carbonyl (C=O) groups is 1. The molecule has 1 aliphatic heterocycles. The van der Waals surface area contributed by atoms with Gasteiger partial charge in [0.2, 0.25) is 0 Å². The Balaban J connectivity index is 1.95. The fourth-order valence-electron chi connectivity index (χ4n) is 2.87. The van der Waals surface area contributed by atoms with E-state index < -0.39 is 5.60 Å². The average Bonchev–Trinajstić information content (AvgIpc) is 2.98. The summed E-state index contributed by atoms with van der Waals surface area (Å²) in [6.07, 6.45) is 1.81. The van der Waals surface area contributed by atoms with Crippen LogP contribution in [0.5, 0.6) is 0 Å². The van der Waals surface area contributed by atoms with E-state index in [0.29, 0.717) is 13.2 Å². The molecule has 1 heterocycles. The van der Waals surface area contributed by atoms with E-state index in [1.165, 1.54) is 0 Å². The number of hydrogen-bond acceptors (Lipinski definition) is 4. The minimum absolute atomic E-state index is 0.167. The predicted octanol–water partition coefficient (Wildman–Crippen LogP) is 4.03. The third kappa shape index (κ3) is 5.41. The van der Waals surface area contributed by atoms with Gasteiger partial charge in [-0.3, -0.25) is 0 Å². The van der Waals surface area contributed by atoms with Crippen molar-refractivity contribution in [2.24, 2.45) is 0 Å². The Hall–Kier alpha value is -1.75. The molecule has 1 aromatic carbocycles. The highest BCUT2D eigenvalue weighted by molar-refractivity contribution is 5.69. The van der Waals surface area contributed by atoms with Gasteiger partial charge in [0.15, 0.2) is 0 Å².